The number of piperidine rings is 1. The molecule has 1 heterocycles. The van der Waals surface area contributed by atoms with E-state index >= 15 is 0 Å². The molecule has 0 saturated carbocycles. The molecule has 0 N–H and O–H groups in total. The number of halogens is 1. The van der Waals surface area contributed by atoms with Crippen LogP contribution in [-0.2, 0) is 9.53 Å². The smallest absolute Gasteiger partial charge is 0.240 e. The molecular weight excluding hydrogens is 202 g/mol. The largest absolute Gasteiger partial charge is 0.381 e. The molecule has 0 aromatic rings. The normalized spacial score (nSPS) is 20.9. The van der Waals surface area contributed by atoms with Crippen molar-refractivity contribution in [3.8, 4) is 0 Å². The van der Waals surface area contributed by atoms with Gasteiger partial charge in [-0.3, -0.25) is 4.79 Å². The van der Waals surface area contributed by atoms with Crippen molar-refractivity contribution in [3.63, 3.8) is 0 Å². The lowest BCUT2D eigenvalue weighted by molar-refractivity contribution is -0.133. The van der Waals surface area contributed by atoms with Gasteiger partial charge in [0.05, 0.1) is 6.10 Å². The third-order valence-electron chi connectivity index (χ3n) is 2.71. The Morgan fingerprint density at radius 2 is 2.14 bits per heavy atom. The van der Waals surface area contributed by atoms with E-state index < -0.39 is 0 Å². The van der Waals surface area contributed by atoms with Crippen LogP contribution in [0.15, 0.2) is 0 Å². The Hall–Kier alpha value is -0.280. The summed E-state index contributed by atoms with van der Waals surface area (Å²) in [6, 6.07) is 0. The fourth-order valence-corrected chi connectivity index (χ4v) is 1.82. The van der Waals surface area contributed by atoms with Crippen LogP contribution in [0.2, 0.25) is 0 Å². The van der Waals surface area contributed by atoms with Gasteiger partial charge in [-0.2, -0.15) is 0 Å². The van der Waals surface area contributed by atoms with Crippen LogP contribution in [0.3, 0.4) is 0 Å². The van der Waals surface area contributed by atoms with Gasteiger partial charge in [0.1, 0.15) is 5.38 Å². The highest BCUT2D eigenvalue weighted by molar-refractivity contribution is 6.30. The highest BCUT2D eigenvalue weighted by atomic mass is 35.5. The van der Waals surface area contributed by atoms with Crippen LogP contribution in [0.5, 0.6) is 0 Å². The van der Waals surface area contributed by atoms with Gasteiger partial charge in [-0.25, -0.2) is 0 Å². The number of carbonyl (C=O) groups is 1. The van der Waals surface area contributed by atoms with E-state index in [9.17, 15) is 4.79 Å². The van der Waals surface area contributed by atoms with Crippen molar-refractivity contribution in [2.45, 2.75) is 37.7 Å². The maximum Gasteiger partial charge on any atom is 0.240 e. The molecule has 0 aliphatic carbocycles. The molecule has 1 aliphatic heterocycles. The van der Waals surface area contributed by atoms with Crippen LogP contribution < -0.4 is 0 Å². The Labute approximate surface area is 90.4 Å². The maximum absolute atomic E-state index is 11.7. The molecule has 1 atom stereocenters. The number of alkyl halides is 1. The Balaban J connectivity index is 2.37. The van der Waals surface area contributed by atoms with Crippen LogP contribution >= 0.6 is 11.6 Å². The Bertz CT molecular complexity index is 191. The molecular formula is C10H18ClNO2. The number of carbonyl (C=O) groups excluding carboxylic acids is 1. The second-order valence-corrected chi connectivity index (χ2v) is 4.16. The van der Waals surface area contributed by atoms with Crippen molar-refractivity contribution in [2.75, 3.05) is 20.2 Å². The molecule has 0 aromatic carbocycles. The lowest BCUT2D eigenvalue weighted by Crippen LogP contribution is -2.43. The van der Waals surface area contributed by atoms with E-state index in [1.165, 1.54) is 0 Å². The van der Waals surface area contributed by atoms with E-state index in [1.54, 1.807) is 7.11 Å². The molecule has 0 bridgehead atoms. The van der Waals surface area contributed by atoms with Crippen LogP contribution in [-0.4, -0.2) is 42.5 Å². The number of methoxy groups -OCH3 is 1. The first-order valence-corrected chi connectivity index (χ1v) is 5.58. The first-order valence-electron chi connectivity index (χ1n) is 5.14. The molecule has 0 spiro atoms. The van der Waals surface area contributed by atoms with Gasteiger partial charge in [0.25, 0.3) is 0 Å². The van der Waals surface area contributed by atoms with Gasteiger partial charge in [0.15, 0.2) is 0 Å². The zero-order valence-electron chi connectivity index (χ0n) is 8.83. The summed E-state index contributed by atoms with van der Waals surface area (Å²) in [6.07, 6.45) is 2.87. The number of amides is 1. The zero-order valence-corrected chi connectivity index (χ0v) is 9.59. The van der Waals surface area contributed by atoms with E-state index in [0.717, 1.165) is 25.9 Å². The number of ether oxygens (including phenoxy) is 1. The summed E-state index contributed by atoms with van der Waals surface area (Å²) in [6.45, 7) is 3.48. The number of hydrogen-bond donors (Lipinski definition) is 0. The van der Waals surface area contributed by atoms with Crippen LogP contribution in [0.25, 0.3) is 0 Å². The van der Waals surface area contributed by atoms with Crippen molar-refractivity contribution in [1.82, 2.24) is 4.90 Å². The maximum atomic E-state index is 11.7. The van der Waals surface area contributed by atoms with Crippen molar-refractivity contribution < 1.29 is 9.53 Å². The summed E-state index contributed by atoms with van der Waals surface area (Å²) in [5.41, 5.74) is 0. The molecule has 14 heavy (non-hydrogen) atoms. The molecule has 0 radical (unpaired) electrons. The van der Waals surface area contributed by atoms with E-state index in [0.29, 0.717) is 12.5 Å². The average molecular weight is 220 g/mol. The van der Waals surface area contributed by atoms with Crippen LogP contribution in [0, 0.1) is 0 Å². The standard InChI is InChI=1S/C10H18ClNO2/c1-3-9(11)10(13)12-6-4-8(14-2)5-7-12/h8-9H,3-7H2,1-2H3/t9-/m1/s1. The minimum Gasteiger partial charge on any atom is -0.381 e. The minimum absolute atomic E-state index is 0.0729. The molecule has 0 unspecified atom stereocenters. The third kappa shape index (κ3) is 2.85. The average Bonchev–Trinajstić information content (AvgIpc) is 2.27. The predicted molar refractivity (Wildman–Crippen MR) is 56.5 cm³/mol. The lowest BCUT2D eigenvalue weighted by atomic mass is 10.1. The summed E-state index contributed by atoms with van der Waals surface area (Å²) in [5, 5.41) is -0.353. The van der Waals surface area contributed by atoms with Crippen molar-refractivity contribution >= 4 is 17.5 Å². The van der Waals surface area contributed by atoms with E-state index in [2.05, 4.69) is 0 Å². The highest BCUT2D eigenvalue weighted by Crippen LogP contribution is 2.16. The molecule has 1 fully saturated rings. The summed E-state index contributed by atoms with van der Waals surface area (Å²) in [5.74, 6) is 0.0729. The topological polar surface area (TPSA) is 29.5 Å². The summed E-state index contributed by atoms with van der Waals surface area (Å²) >= 11 is 5.90. The Kier molecular flexibility index (Phi) is 4.69. The Morgan fingerprint density at radius 1 is 1.57 bits per heavy atom. The van der Waals surface area contributed by atoms with Gasteiger partial charge in [0.2, 0.25) is 5.91 Å². The zero-order chi connectivity index (χ0) is 10.6. The summed E-state index contributed by atoms with van der Waals surface area (Å²) < 4.78 is 5.24. The SMILES string of the molecule is CC[C@@H](Cl)C(=O)N1CCC(OC)CC1. The van der Waals surface area contributed by atoms with Gasteiger partial charge in [-0.15, -0.1) is 11.6 Å². The van der Waals surface area contributed by atoms with E-state index in [1.807, 2.05) is 11.8 Å². The highest BCUT2D eigenvalue weighted by Gasteiger charge is 2.25. The molecule has 1 saturated heterocycles. The van der Waals surface area contributed by atoms with Crippen LogP contribution in [0.1, 0.15) is 26.2 Å². The number of likely N-dealkylation sites (tertiary alicyclic amines) is 1. The molecule has 3 nitrogen and oxygen atoms in total. The minimum atomic E-state index is -0.353. The fourth-order valence-electron chi connectivity index (χ4n) is 1.68. The second-order valence-electron chi connectivity index (χ2n) is 3.64. The summed E-state index contributed by atoms with van der Waals surface area (Å²) in [4.78, 5) is 13.5. The van der Waals surface area contributed by atoms with Gasteiger partial charge in [0, 0.05) is 20.2 Å². The predicted octanol–water partition coefficient (Wildman–Crippen LogP) is 1.64. The quantitative estimate of drug-likeness (QED) is 0.676. The first-order chi connectivity index (χ1) is 6.69. The van der Waals surface area contributed by atoms with Crippen molar-refractivity contribution in [1.29, 1.82) is 0 Å². The van der Waals surface area contributed by atoms with Crippen molar-refractivity contribution in [2.24, 2.45) is 0 Å². The monoisotopic (exact) mass is 219 g/mol. The van der Waals surface area contributed by atoms with Crippen LogP contribution in [0.4, 0.5) is 0 Å². The number of nitrogens with zero attached hydrogens (tertiary/aromatic N) is 1. The molecule has 82 valence electrons. The molecule has 1 aliphatic rings. The summed E-state index contributed by atoms with van der Waals surface area (Å²) in [7, 11) is 1.72. The van der Waals surface area contributed by atoms with Gasteiger partial charge in [-0.05, 0) is 19.3 Å². The number of rotatable bonds is 3. The molecule has 4 heteroatoms. The fraction of sp³-hybridized carbons (Fsp3) is 0.900. The molecule has 1 rings (SSSR count). The third-order valence-corrected chi connectivity index (χ3v) is 3.21. The Morgan fingerprint density at radius 3 is 2.57 bits per heavy atom. The van der Waals surface area contributed by atoms with Crippen molar-refractivity contribution in [3.05, 3.63) is 0 Å². The molecule has 0 aromatic heterocycles. The lowest BCUT2D eigenvalue weighted by Gasteiger charge is -2.32. The van der Waals surface area contributed by atoms with E-state index in [4.69, 9.17) is 16.3 Å². The first kappa shape index (κ1) is 11.8. The van der Waals surface area contributed by atoms with Gasteiger partial charge >= 0.3 is 0 Å². The van der Waals surface area contributed by atoms with Gasteiger partial charge in [-0.1, -0.05) is 6.92 Å². The van der Waals surface area contributed by atoms with Gasteiger partial charge < -0.3 is 9.64 Å². The second kappa shape index (κ2) is 5.56. The number of hydrogen-bond acceptors (Lipinski definition) is 2. The van der Waals surface area contributed by atoms with E-state index in [-0.39, 0.29) is 11.3 Å². The molecule has 1 amide bonds.